The average Bonchev–Trinajstić information content (AvgIpc) is 1.83. The van der Waals surface area contributed by atoms with Crippen molar-refractivity contribution in [1.82, 2.24) is 5.32 Å². The Labute approximate surface area is 67.8 Å². The lowest BCUT2D eigenvalue weighted by atomic mass is 10.3. The monoisotopic (exact) mass is 166 g/mol. The number of amides is 1. The van der Waals surface area contributed by atoms with E-state index in [2.05, 4.69) is 11.1 Å². The van der Waals surface area contributed by atoms with Gasteiger partial charge in [0, 0.05) is 6.42 Å². The molecule has 0 aliphatic carbocycles. The highest BCUT2D eigenvalue weighted by atomic mass is 35.5. The topological polar surface area (TPSA) is 56.7 Å². The summed E-state index contributed by atoms with van der Waals surface area (Å²) < 4.78 is 0. The number of hydrogen-bond acceptors (Lipinski definition) is 1. The van der Waals surface area contributed by atoms with Gasteiger partial charge in [0.2, 0.25) is 5.91 Å². The first-order valence-electron chi connectivity index (χ1n) is 3.26. The van der Waals surface area contributed by atoms with E-state index in [0.29, 0.717) is 19.0 Å². The number of nitrogens with one attached hydrogen (secondary N) is 1. The van der Waals surface area contributed by atoms with E-state index in [-0.39, 0.29) is 18.3 Å². The van der Waals surface area contributed by atoms with Crippen molar-refractivity contribution in [2.24, 2.45) is 0 Å². The molecule has 0 heterocycles. The lowest BCUT2D eigenvalue weighted by Crippen LogP contribution is -3.00. The van der Waals surface area contributed by atoms with Crippen LogP contribution in [0.1, 0.15) is 20.3 Å². The zero-order valence-corrected chi connectivity index (χ0v) is 7.24. The van der Waals surface area contributed by atoms with Gasteiger partial charge in [-0.3, -0.25) is 4.79 Å². The van der Waals surface area contributed by atoms with Crippen molar-refractivity contribution >= 4 is 5.91 Å². The third-order valence-corrected chi connectivity index (χ3v) is 0.969. The molecule has 0 bridgehead atoms. The molecule has 0 aliphatic heterocycles. The highest BCUT2D eigenvalue weighted by molar-refractivity contribution is 5.75. The number of hydrogen-bond donors (Lipinski definition) is 2. The predicted molar refractivity (Wildman–Crippen MR) is 35.7 cm³/mol. The molecular formula is C6H15ClN2O. The number of rotatable bonds is 3. The van der Waals surface area contributed by atoms with Gasteiger partial charge in [-0.1, -0.05) is 6.92 Å². The minimum atomic E-state index is 0. The maximum atomic E-state index is 10.6. The second kappa shape index (κ2) is 6.83. The first-order chi connectivity index (χ1) is 4.16. The van der Waals surface area contributed by atoms with E-state index in [1.807, 2.05) is 13.8 Å². The molecule has 4 heteroatoms. The van der Waals surface area contributed by atoms with Crippen LogP contribution in [0.25, 0.3) is 0 Å². The maximum absolute atomic E-state index is 10.6. The van der Waals surface area contributed by atoms with Gasteiger partial charge < -0.3 is 23.5 Å². The Kier molecular flexibility index (Phi) is 8.48. The largest absolute Gasteiger partial charge is 1.00 e. The fraction of sp³-hybridized carbons (Fsp3) is 0.833. The van der Waals surface area contributed by atoms with Crippen LogP contribution in [0.2, 0.25) is 0 Å². The molecule has 1 atom stereocenters. The van der Waals surface area contributed by atoms with Crippen molar-refractivity contribution in [1.29, 1.82) is 0 Å². The Bertz CT molecular complexity index is 95.7. The Hall–Kier alpha value is -0.280. The molecule has 0 aromatic heterocycles. The molecule has 0 radical (unpaired) electrons. The molecule has 0 saturated heterocycles. The molecule has 0 spiro atoms. The van der Waals surface area contributed by atoms with Gasteiger partial charge in [-0.2, -0.15) is 0 Å². The first kappa shape index (κ1) is 12.4. The van der Waals surface area contributed by atoms with Crippen LogP contribution in [0.3, 0.4) is 0 Å². The summed E-state index contributed by atoms with van der Waals surface area (Å²) in [6.45, 7) is 4.49. The van der Waals surface area contributed by atoms with E-state index in [1.165, 1.54) is 0 Å². The van der Waals surface area contributed by atoms with Crippen LogP contribution in [-0.2, 0) is 4.79 Å². The molecular weight excluding hydrogens is 152 g/mol. The first-order valence-corrected chi connectivity index (χ1v) is 3.26. The van der Waals surface area contributed by atoms with Crippen molar-refractivity contribution < 1.29 is 22.9 Å². The maximum Gasteiger partial charge on any atom is 0.219 e. The number of quaternary nitrogens is 1. The Morgan fingerprint density at radius 2 is 2.20 bits per heavy atom. The van der Waals surface area contributed by atoms with Crippen molar-refractivity contribution in [2.45, 2.75) is 26.3 Å². The summed E-state index contributed by atoms with van der Waals surface area (Å²) in [5.41, 5.74) is 3.73. The molecule has 0 fully saturated rings. The highest BCUT2D eigenvalue weighted by Crippen LogP contribution is 1.74. The average molecular weight is 167 g/mol. The van der Waals surface area contributed by atoms with E-state index in [1.54, 1.807) is 0 Å². The normalized spacial score (nSPS) is 11.5. The van der Waals surface area contributed by atoms with Gasteiger partial charge >= 0.3 is 0 Å². The number of halogens is 1. The van der Waals surface area contributed by atoms with Gasteiger partial charge in [0.05, 0.1) is 12.6 Å². The SMILES string of the molecule is CCC(=O)NCC(C)[NH3+].[Cl-]. The van der Waals surface area contributed by atoms with Crippen LogP contribution in [0, 0.1) is 0 Å². The van der Waals surface area contributed by atoms with Crippen LogP contribution in [0.15, 0.2) is 0 Å². The summed E-state index contributed by atoms with van der Waals surface area (Å²) in [6.07, 6.45) is 0.562. The third-order valence-electron chi connectivity index (χ3n) is 0.969. The molecule has 0 aromatic carbocycles. The summed E-state index contributed by atoms with van der Waals surface area (Å²) in [7, 11) is 0. The van der Waals surface area contributed by atoms with Gasteiger partial charge in [0.25, 0.3) is 0 Å². The molecule has 1 unspecified atom stereocenters. The lowest BCUT2D eigenvalue weighted by Gasteiger charge is -2.02. The number of carbonyl (C=O) groups excluding carboxylic acids is 1. The highest BCUT2D eigenvalue weighted by Gasteiger charge is 1.99. The zero-order valence-electron chi connectivity index (χ0n) is 6.48. The minimum Gasteiger partial charge on any atom is -1.00 e. The van der Waals surface area contributed by atoms with Crippen molar-refractivity contribution in [3.8, 4) is 0 Å². The molecule has 1 amide bonds. The molecule has 0 saturated carbocycles. The number of carbonyl (C=O) groups is 1. The van der Waals surface area contributed by atoms with E-state index >= 15 is 0 Å². The summed E-state index contributed by atoms with van der Waals surface area (Å²) >= 11 is 0. The zero-order chi connectivity index (χ0) is 7.28. The molecule has 0 rings (SSSR count). The standard InChI is InChI=1S/C6H14N2O.ClH/c1-3-6(9)8-4-5(2)7;/h5H,3-4,7H2,1-2H3,(H,8,9);1H. The van der Waals surface area contributed by atoms with Gasteiger partial charge in [-0.15, -0.1) is 0 Å². The Morgan fingerprint density at radius 3 is 2.50 bits per heavy atom. The van der Waals surface area contributed by atoms with E-state index in [9.17, 15) is 4.79 Å². The van der Waals surface area contributed by atoms with Crippen LogP contribution in [0.4, 0.5) is 0 Å². The Balaban J connectivity index is 0. The van der Waals surface area contributed by atoms with Crippen molar-refractivity contribution in [3.05, 3.63) is 0 Å². The smallest absolute Gasteiger partial charge is 0.219 e. The summed E-state index contributed by atoms with van der Waals surface area (Å²) in [5, 5.41) is 2.73. The van der Waals surface area contributed by atoms with E-state index < -0.39 is 0 Å². The van der Waals surface area contributed by atoms with Gasteiger partial charge in [0.1, 0.15) is 0 Å². The summed E-state index contributed by atoms with van der Waals surface area (Å²) in [4.78, 5) is 10.6. The lowest BCUT2D eigenvalue weighted by molar-refractivity contribution is -0.411. The van der Waals surface area contributed by atoms with Crippen LogP contribution in [0.5, 0.6) is 0 Å². The van der Waals surface area contributed by atoms with Crippen LogP contribution < -0.4 is 23.5 Å². The Morgan fingerprint density at radius 1 is 1.70 bits per heavy atom. The van der Waals surface area contributed by atoms with Crippen LogP contribution >= 0.6 is 0 Å². The van der Waals surface area contributed by atoms with E-state index in [4.69, 9.17) is 0 Å². The van der Waals surface area contributed by atoms with Gasteiger partial charge in [0.15, 0.2) is 0 Å². The molecule has 4 N–H and O–H groups in total. The molecule has 3 nitrogen and oxygen atoms in total. The quantitative estimate of drug-likeness (QED) is 0.443. The summed E-state index contributed by atoms with van der Waals surface area (Å²) in [5.74, 6) is 0.102. The van der Waals surface area contributed by atoms with E-state index in [0.717, 1.165) is 0 Å². The van der Waals surface area contributed by atoms with Crippen molar-refractivity contribution in [2.75, 3.05) is 6.54 Å². The van der Waals surface area contributed by atoms with Gasteiger partial charge in [-0.25, -0.2) is 0 Å². The third kappa shape index (κ3) is 7.72. The van der Waals surface area contributed by atoms with Gasteiger partial charge in [-0.05, 0) is 6.92 Å². The minimum absolute atomic E-state index is 0. The second-order valence-electron chi connectivity index (χ2n) is 2.26. The predicted octanol–water partition coefficient (Wildman–Crippen LogP) is -3.85. The molecule has 62 valence electrons. The fourth-order valence-corrected chi connectivity index (χ4v) is 0.413. The molecule has 0 aromatic rings. The molecule has 0 aliphatic rings. The molecule has 10 heavy (non-hydrogen) atoms. The second-order valence-corrected chi connectivity index (χ2v) is 2.26. The summed E-state index contributed by atoms with van der Waals surface area (Å²) in [6, 6.07) is 0.306. The van der Waals surface area contributed by atoms with Crippen molar-refractivity contribution in [3.63, 3.8) is 0 Å². The van der Waals surface area contributed by atoms with Crippen LogP contribution in [-0.4, -0.2) is 18.5 Å². The fourth-order valence-electron chi connectivity index (χ4n) is 0.413.